The third-order valence-corrected chi connectivity index (χ3v) is 4.30. The minimum atomic E-state index is -0.892. The number of aromatic nitrogens is 1. The van der Waals surface area contributed by atoms with Crippen molar-refractivity contribution in [1.29, 1.82) is 0 Å². The summed E-state index contributed by atoms with van der Waals surface area (Å²) in [6.45, 7) is 1.98. The van der Waals surface area contributed by atoms with Gasteiger partial charge in [-0.1, -0.05) is 0 Å². The van der Waals surface area contributed by atoms with Crippen molar-refractivity contribution in [1.82, 2.24) is 4.98 Å². The number of carboxylic acids is 1. The van der Waals surface area contributed by atoms with E-state index in [4.69, 9.17) is 5.11 Å². The first-order chi connectivity index (χ1) is 8.15. The third-order valence-electron chi connectivity index (χ3n) is 2.13. The normalized spacial score (nSPS) is 10.4. The summed E-state index contributed by atoms with van der Waals surface area (Å²) < 4.78 is 0. The number of rotatable bonds is 4. The van der Waals surface area contributed by atoms with Crippen LogP contribution < -0.4 is 0 Å². The van der Waals surface area contributed by atoms with Crippen molar-refractivity contribution in [3.05, 3.63) is 45.9 Å². The van der Waals surface area contributed by atoms with Crippen molar-refractivity contribution in [2.45, 2.75) is 17.6 Å². The van der Waals surface area contributed by atoms with Crippen LogP contribution in [0.1, 0.15) is 21.1 Å². The van der Waals surface area contributed by atoms with Gasteiger partial charge in [-0.25, -0.2) is 9.78 Å². The maximum Gasteiger partial charge on any atom is 0.335 e. The third kappa shape index (κ3) is 3.31. The predicted molar refractivity (Wildman–Crippen MR) is 69.8 cm³/mol. The van der Waals surface area contributed by atoms with E-state index < -0.39 is 5.97 Å². The maximum atomic E-state index is 10.7. The molecule has 88 valence electrons. The number of thiazole rings is 1. The van der Waals surface area contributed by atoms with Crippen LogP contribution >= 0.6 is 23.1 Å². The number of nitrogens with zero attached hydrogens (tertiary/aromatic N) is 1. The zero-order valence-corrected chi connectivity index (χ0v) is 10.8. The lowest BCUT2D eigenvalue weighted by Gasteiger charge is -2.00. The van der Waals surface area contributed by atoms with E-state index in [1.54, 1.807) is 35.2 Å². The highest BCUT2D eigenvalue weighted by Crippen LogP contribution is 2.24. The molecule has 5 heteroatoms. The average molecular weight is 265 g/mol. The van der Waals surface area contributed by atoms with Gasteiger partial charge in [0.2, 0.25) is 0 Å². The predicted octanol–water partition coefficient (Wildman–Crippen LogP) is 3.44. The second kappa shape index (κ2) is 5.33. The van der Waals surface area contributed by atoms with E-state index in [1.165, 1.54) is 0 Å². The number of benzene rings is 1. The van der Waals surface area contributed by atoms with Crippen molar-refractivity contribution in [2.24, 2.45) is 0 Å². The zero-order valence-electron chi connectivity index (χ0n) is 9.21. The molecule has 1 N–H and O–H groups in total. The van der Waals surface area contributed by atoms with E-state index in [-0.39, 0.29) is 0 Å². The van der Waals surface area contributed by atoms with Gasteiger partial charge in [-0.15, -0.1) is 23.1 Å². The number of carboxylic acid groups (broad SMARTS) is 1. The van der Waals surface area contributed by atoms with Crippen LogP contribution in [0.4, 0.5) is 0 Å². The first kappa shape index (κ1) is 12.1. The molecule has 0 saturated heterocycles. The summed E-state index contributed by atoms with van der Waals surface area (Å²) in [4.78, 5) is 16.1. The molecule has 0 atom stereocenters. The van der Waals surface area contributed by atoms with Crippen LogP contribution in [0.15, 0.2) is 34.5 Å². The molecule has 0 aliphatic carbocycles. The van der Waals surface area contributed by atoms with Crippen molar-refractivity contribution >= 4 is 29.1 Å². The van der Waals surface area contributed by atoms with E-state index in [0.717, 1.165) is 21.3 Å². The molecule has 3 nitrogen and oxygen atoms in total. The fourth-order valence-corrected chi connectivity index (χ4v) is 3.00. The topological polar surface area (TPSA) is 50.2 Å². The first-order valence-electron chi connectivity index (χ1n) is 5.02. The molecule has 2 rings (SSSR count). The number of hydrogen-bond donors (Lipinski definition) is 1. The quantitative estimate of drug-likeness (QED) is 0.860. The average Bonchev–Trinajstić information content (AvgIpc) is 2.73. The van der Waals surface area contributed by atoms with E-state index in [1.807, 2.05) is 24.4 Å². The molecule has 0 aliphatic heterocycles. The Balaban J connectivity index is 1.97. The lowest BCUT2D eigenvalue weighted by Crippen LogP contribution is -1.94. The Bertz CT molecular complexity index is 520. The van der Waals surface area contributed by atoms with Crippen LogP contribution in [0.5, 0.6) is 0 Å². The molecule has 0 spiro atoms. The van der Waals surface area contributed by atoms with Gasteiger partial charge >= 0.3 is 5.97 Å². The van der Waals surface area contributed by atoms with Gasteiger partial charge in [-0.2, -0.15) is 0 Å². The van der Waals surface area contributed by atoms with Crippen LogP contribution in [0, 0.1) is 6.92 Å². The van der Waals surface area contributed by atoms with Crippen LogP contribution in [0.3, 0.4) is 0 Å². The molecule has 2 aromatic rings. The Hall–Kier alpha value is -1.33. The van der Waals surface area contributed by atoms with Gasteiger partial charge in [0, 0.05) is 16.0 Å². The Labute approximate surface area is 108 Å². The number of aryl methyl sites for hydroxylation is 1. The van der Waals surface area contributed by atoms with Gasteiger partial charge in [0.25, 0.3) is 0 Å². The molecular formula is C12H11NO2S2. The summed E-state index contributed by atoms with van der Waals surface area (Å²) in [5.41, 5.74) is 1.37. The number of carbonyl (C=O) groups is 1. The molecule has 1 heterocycles. The SMILES string of the molecule is Cc1csc(CSc2ccc(C(=O)O)cc2)n1. The summed E-state index contributed by atoms with van der Waals surface area (Å²) in [6.07, 6.45) is 0. The fourth-order valence-electron chi connectivity index (χ4n) is 1.31. The van der Waals surface area contributed by atoms with Crippen LogP contribution in [0.2, 0.25) is 0 Å². The zero-order chi connectivity index (χ0) is 12.3. The lowest BCUT2D eigenvalue weighted by atomic mass is 10.2. The van der Waals surface area contributed by atoms with E-state index in [2.05, 4.69) is 4.98 Å². The molecule has 1 aromatic carbocycles. The Morgan fingerprint density at radius 3 is 2.65 bits per heavy atom. The van der Waals surface area contributed by atoms with Crippen LogP contribution in [-0.4, -0.2) is 16.1 Å². The molecule has 1 aromatic heterocycles. The van der Waals surface area contributed by atoms with E-state index >= 15 is 0 Å². The summed E-state index contributed by atoms with van der Waals surface area (Å²) in [5.74, 6) is -0.0672. The number of thioether (sulfide) groups is 1. The lowest BCUT2D eigenvalue weighted by molar-refractivity contribution is 0.0697. The first-order valence-corrected chi connectivity index (χ1v) is 6.89. The van der Waals surface area contributed by atoms with Crippen molar-refractivity contribution in [3.63, 3.8) is 0 Å². The van der Waals surface area contributed by atoms with Crippen molar-refractivity contribution in [3.8, 4) is 0 Å². The molecule has 0 radical (unpaired) electrons. The molecule has 0 amide bonds. The maximum absolute atomic E-state index is 10.7. The van der Waals surface area contributed by atoms with Crippen molar-refractivity contribution in [2.75, 3.05) is 0 Å². The molecule has 17 heavy (non-hydrogen) atoms. The monoisotopic (exact) mass is 265 g/mol. The van der Waals surface area contributed by atoms with Gasteiger partial charge in [0.15, 0.2) is 0 Å². The molecular weight excluding hydrogens is 254 g/mol. The van der Waals surface area contributed by atoms with Gasteiger partial charge in [0.05, 0.1) is 11.3 Å². The van der Waals surface area contributed by atoms with E-state index in [0.29, 0.717) is 5.56 Å². The minimum Gasteiger partial charge on any atom is -0.478 e. The highest BCUT2D eigenvalue weighted by Gasteiger charge is 2.03. The van der Waals surface area contributed by atoms with Crippen LogP contribution in [-0.2, 0) is 5.75 Å². The highest BCUT2D eigenvalue weighted by molar-refractivity contribution is 7.98. The summed E-state index contributed by atoms with van der Waals surface area (Å²) in [6, 6.07) is 6.90. The largest absolute Gasteiger partial charge is 0.478 e. The second-order valence-corrected chi connectivity index (χ2v) is 5.49. The minimum absolute atomic E-state index is 0.319. The second-order valence-electron chi connectivity index (χ2n) is 3.50. The molecule has 0 bridgehead atoms. The summed E-state index contributed by atoms with van der Waals surface area (Å²) >= 11 is 3.31. The fraction of sp³-hybridized carbons (Fsp3) is 0.167. The Morgan fingerprint density at radius 1 is 1.41 bits per heavy atom. The standard InChI is InChI=1S/C12H11NO2S2/c1-8-6-17-11(13-8)7-16-10-4-2-9(3-5-10)12(14)15/h2-6H,7H2,1H3,(H,14,15). The number of hydrogen-bond acceptors (Lipinski definition) is 4. The van der Waals surface area contributed by atoms with Gasteiger partial charge in [-0.05, 0) is 31.2 Å². The molecule has 0 aliphatic rings. The smallest absolute Gasteiger partial charge is 0.335 e. The van der Waals surface area contributed by atoms with Gasteiger partial charge in [-0.3, -0.25) is 0 Å². The number of aromatic carboxylic acids is 1. The molecule has 0 saturated carbocycles. The Morgan fingerprint density at radius 2 is 2.12 bits per heavy atom. The summed E-state index contributed by atoms with van der Waals surface area (Å²) in [5, 5.41) is 11.9. The van der Waals surface area contributed by atoms with E-state index in [9.17, 15) is 4.79 Å². The Kier molecular flexibility index (Phi) is 3.81. The van der Waals surface area contributed by atoms with Crippen LogP contribution in [0.25, 0.3) is 0 Å². The van der Waals surface area contributed by atoms with Gasteiger partial charge in [0.1, 0.15) is 5.01 Å². The summed E-state index contributed by atoms with van der Waals surface area (Å²) in [7, 11) is 0. The van der Waals surface area contributed by atoms with Crippen molar-refractivity contribution < 1.29 is 9.90 Å². The molecule has 0 fully saturated rings. The highest BCUT2D eigenvalue weighted by atomic mass is 32.2. The van der Waals surface area contributed by atoms with Gasteiger partial charge < -0.3 is 5.11 Å². The molecule has 0 unspecified atom stereocenters.